The normalized spacial score (nSPS) is 12.1. The van der Waals surface area contributed by atoms with Crippen LogP contribution in [-0.4, -0.2) is 5.16 Å². The Bertz CT molecular complexity index is 527. The average Bonchev–Trinajstić information content (AvgIpc) is 2.29. The summed E-state index contributed by atoms with van der Waals surface area (Å²) in [5.74, 6) is 0. The number of hydrogen-bond acceptors (Lipinski definition) is 2. The predicted octanol–water partition coefficient (Wildman–Crippen LogP) is 4.00. The second-order valence-electron chi connectivity index (χ2n) is 3.50. The number of benzene rings is 2. The molecule has 0 spiro atoms. The first-order chi connectivity index (χ1) is 7.31. The largest absolute Gasteiger partial charge is 0.225 e. The van der Waals surface area contributed by atoms with Gasteiger partial charge >= 0.3 is 0 Å². The molecular weight excluding hydrogens is 202 g/mol. The van der Waals surface area contributed by atoms with E-state index < -0.39 is 0 Å². The van der Waals surface area contributed by atoms with Gasteiger partial charge in [0.2, 0.25) is 0 Å². The highest BCUT2D eigenvalue weighted by Gasteiger charge is 2.02. The van der Waals surface area contributed by atoms with E-state index in [2.05, 4.69) is 52.7 Å². The first-order valence-corrected chi connectivity index (χ1v) is 5.28. The van der Waals surface area contributed by atoms with Crippen molar-refractivity contribution in [3.63, 3.8) is 0 Å². The average molecular weight is 213 g/mol. The van der Waals surface area contributed by atoms with Crippen LogP contribution in [0, 0.1) is 0 Å². The van der Waals surface area contributed by atoms with Gasteiger partial charge in [-0.05, 0) is 41.5 Å². The summed E-state index contributed by atoms with van der Waals surface area (Å²) < 4.78 is 0. The summed E-state index contributed by atoms with van der Waals surface area (Å²) in [5, 5.41) is 4.91. The summed E-state index contributed by atoms with van der Waals surface area (Å²) in [4.78, 5) is 4.07. The van der Waals surface area contributed by atoms with Gasteiger partial charge in [-0.1, -0.05) is 36.4 Å². The molecule has 0 aliphatic rings. The lowest BCUT2D eigenvalue weighted by Gasteiger charge is -2.06. The van der Waals surface area contributed by atoms with Crippen LogP contribution in [-0.2, 0) is 0 Å². The number of rotatable bonds is 2. The van der Waals surface area contributed by atoms with Gasteiger partial charge in [-0.2, -0.15) is 0 Å². The maximum absolute atomic E-state index is 4.61. The molecule has 0 bridgehead atoms. The second-order valence-corrected chi connectivity index (χ2v) is 3.69. The van der Waals surface area contributed by atoms with Crippen LogP contribution in [0.2, 0.25) is 0 Å². The molecule has 2 heteroatoms. The van der Waals surface area contributed by atoms with Gasteiger partial charge in [0.15, 0.2) is 0 Å². The molecule has 2 aromatic rings. The molecule has 0 fully saturated rings. The van der Waals surface area contributed by atoms with E-state index in [9.17, 15) is 0 Å². The highest BCUT2D eigenvalue weighted by atomic mass is 32.1. The van der Waals surface area contributed by atoms with Crippen molar-refractivity contribution in [1.82, 2.24) is 0 Å². The molecule has 0 unspecified atom stereocenters. The van der Waals surface area contributed by atoms with E-state index in [0.29, 0.717) is 0 Å². The maximum Gasteiger partial charge on any atom is 0.0824 e. The smallest absolute Gasteiger partial charge is 0.0824 e. The highest BCUT2D eigenvalue weighted by Crippen LogP contribution is 2.21. The Kier molecular flexibility index (Phi) is 2.91. The Morgan fingerprint density at radius 2 is 1.87 bits per heavy atom. The Hall–Kier alpha value is -1.50. The molecule has 15 heavy (non-hydrogen) atoms. The fraction of sp³-hybridized carbons (Fsp3) is 0.154. The minimum Gasteiger partial charge on any atom is -0.225 e. The lowest BCUT2D eigenvalue weighted by molar-refractivity contribution is 0.830. The van der Waals surface area contributed by atoms with Crippen molar-refractivity contribution >= 4 is 28.2 Å². The Morgan fingerprint density at radius 1 is 1.13 bits per heavy atom. The van der Waals surface area contributed by atoms with Gasteiger partial charge in [0, 0.05) is 0 Å². The van der Waals surface area contributed by atoms with E-state index in [1.807, 2.05) is 19.1 Å². The van der Waals surface area contributed by atoms with Crippen molar-refractivity contribution < 1.29 is 0 Å². The van der Waals surface area contributed by atoms with Gasteiger partial charge < -0.3 is 0 Å². The van der Waals surface area contributed by atoms with Gasteiger partial charge in [-0.15, -0.1) is 0 Å². The zero-order chi connectivity index (χ0) is 10.7. The van der Waals surface area contributed by atoms with Crippen LogP contribution >= 0.6 is 12.2 Å². The number of hydrogen-bond donors (Lipinski definition) is 0. The summed E-state index contributed by atoms with van der Waals surface area (Å²) in [6.45, 7) is 2.02. The molecule has 0 aromatic heterocycles. The van der Waals surface area contributed by atoms with Crippen molar-refractivity contribution in [2.45, 2.75) is 13.0 Å². The lowest BCUT2D eigenvalue weighted by Crippen LogP contribution is -1.88. The predicted molar refractivity (Wildman–Crippen MR) is 67.4 cm³/mol. The van der Waals surface area contributed by atoms with E-state index in [1.165, 1.54) is 16.3 Å². The summed E-state index contributed by atoms with van der Waals surface area (Å²) in [7, 11) is 0. The van der Waals surface area contributed by atoms with Crippen LogP contribution in [0.15, 0.2) is 47.5 Å². The topological polar surface area (TPSA) is 12.4 Å². The highest BCUT2D eigenvalue weighted by molar-refractivity contribution is 7.78. The standard InChI is InChI=1S/C13H11NS/c1-10(14-9-15)12-7-6-11-4-2-3-5-13(11)8-12/h2-8,10H,1H3/t10-/m0/s1. The fourth-order valence-electron chi connectivity index (χ4n) is 1.62. The lowest BCUT2D eigenvalue weighted by atomic mass is 10.0. The number of fused-ring (bicyclic) bond motifs is 1. The van der Waals surface area contributed by atoms with Gasteiger partial charge in [0.25, 0.3) is 0 Å². The molecule has 0 aliphatic heterocycles. The molecule has 0 saturated heterocycles. The molecule has 2 rings (SSSR count). The second kappa shape index (κ2) is 4.35. The Labute approximate surface area is 94.5 Å². The summed E-state index contributed by atoms with van der Waals surface area (Å²) >= 11 is 4.61. The van der Waals surface area contributed by atoms with Crippen LogP contribution in [0.4, 0.5) is 0 Å². The van der Waals surface area contributed by atoms with Crippen LogP contribution in [0.1, 0.15) is 18.5 Å². The summed E-state index contributed by atoms with van der Waals surface area (Å²) in [5.41, 5.74) is 1.17. The molecule has 0 heterocycles. The van der Waals surface area contributed by atoms with Crippen LogP contribution < -0.4 is 0 Å². The van der Waals surface area contributed by atoms with Gasteiger partial charge in [0.1, 0.15) is 0 Å². The van der Waals surface area contributed by atoms with Crippen LogP contribution in [0.5, 0.6) is 0 Å². The molecule has 0 aliphatic carbocycles. The Morgan fingerprint density at radius 3 is 2.60 bits per heavy atom. The Balaban J connectivity index is 2.51. The molecule has 1 atom stereocenters. The number of isothiocyanates is 1. The minimum absolute atomic E-state index is 0.0899. The van der Waals surface area contributed by atoms with Gasteiger partial charge in [-0.25, -0.2) is 4.99 Å². The van der Waals surface area contributed by atoms with Gasteiger partial charge in [0.05, 0.1) is 11.2 Å². The quantitative estimate of drug-likeness (QED) is 0.542. The van der Waals surface area contributed by atoms with Crippen molar-refractivity contribution in [3.8, 4) is 0 Å². The third-order valence-electron chi connectivity index (χ3n) is 2.50. The molecule has 0 N–H and O–H groups in total. The number of thiocarbonyl (C=S) groups is 1. The SMILES string of the molecule is C[C@H](N=C=S)c1ccc2ccccc2c1. The maximum atomic E-state index is 4.61. The number of aliphatic imine (C=N–C) groups is 1. The molecule has 0 amide bonds. The molecule has 74 valence electrons. The van der Waals surface area contributed by atoms with Crippen LogP contribution in [0.3, 0.4) is 0 Å². The minimum atomic E-state index is 0.0899. The van der Waals surface area contributed by atoms with Crippen molar-refractivity contribution in [2.75, 3.05) is 0 Å². The summed E-state index contributed by atoms with van der Waals surface area (Å²) in [6.07, 6.45) is 0. The zero-order valence-corrected chi connectivity index (χ0v) is 9.29. The molecule has 0 radical (unpaired) electrons. The first kappa shape index (κ1) is 10.0. The van der Waals surface area contributed by atoms with Gasteiger partial charge in [-0.3, -0.25) is 0 Å². The number of nitrogens with zero attached hydrogens (tertiary/aromatic N) is 1. The third-order valence-corrected chi connectivity index (χ3v) is 2.61. The fourth-order valence-corrected chi connectivity index (χ4v) is 1.78. The van der Waals surface area contributed by atoms with E-state index in [-0.39, 0.29) is 6.04 Å². The van der Waals surface area contributed by atoms with E-state index in [1.54, 1.807) is 0 Å². The van der Waals surface area contributed by atoms with Crippen LogP contribution in [0.25, 0.3) is 10.8 Å². The van der Waals surface area contributed by atoms with E-state index >= 15 is 0 Å². The van der Waals surface area contributed by atoms with Crippen molar-refractivity contribution in [2.24, 2.45) is 4.99 Å². The van der Waals surface area contributed by atoms with Crippen molar-refractivity contribution in [3.05, 3.63) is 48.0 Å². The van der Waals surface area contributed by atoms with E-state index in [0.717, 1.165) is 0 Å². The zero-order valence-electron chi connectivity index (χ0n) is 8.47. The van der Waals surface area contributed by atoms with E-state index in [4.69, 9.17) is 0 Å². The molecule has 2 aromatic carbocycles. The third kappa shape index (κ3) is 2.12. The summed E-state index contributed by atoms with van der Waals surface area (Å²) in [6, 6.07) is 14.7. The monoisotopic (exact) mass is 213 g/mol. The first-order valence-electron chi connectivity index (χ1n) is 4.87. The molecule has 0 saturated carbocycles. The molecular formula is C13H11NS. The molecule has 1 nitrogen and oxygen atoms in total. The van der Waals surface area contributed by atoms with Crippen molar-refractivity contribution in [1.29, 1.82) is 0 Å².